The van der Waals surface area contributed by atoms with Crippen LogP contribution >= 0.6 is 0 Å². The van der Waals surface area contributed by atoms with Gasteiger partial charge in [0, 0.05) is 32.8 Å². The summed E-state index contributed by atoms with van der Waals surface area (Å²) in [5.74, 6) is 2.07. The summed E-state index contributed by atoms with van der Waals surface area (Å²) in [6.45, 7) is 3.23. The summed E-state index contributed by atoms with van der Waals surface area (Å²) in [6, 6.07) is 5.47. The molecule has 144 valence electrons. The summed E-state index contributed by atoms with van der Waals surface area (Å²) in [6.07, 6.45) is 1.51. The molecular weight excluding hydrogens is 350 g/mol. The van der Waals surface area contributed by atoms with Gasteiger partial charge in [-0.15, -0.1) is 0 Å². The van der Waals surface area contributed by atoms with Gasteiger partial charge in [0.05, 0.1) is 5.69 Å². The molecule has 27 heavy (non-hydrogen) atoms. The van der Waals surface area contributed by atoms with Crippen LogP contribution in [0.5, 0.6) is 11.5 Å². The van der Waals surface area contributed by atoms with Gasteiger partial charge in [-0.1, -0.05) is 0 Å². The van der Waals surface area contributed by atoms with Crippen LogP contribution in [-0.2, 0) is 9.53 Å². The Kier molecular flexibility index (Phi) is 4.95. The fourth-order valence-corrected chi connectivity index (χ4v) is 3.49. The Hall–Kier alpha value is -2.65. The summed E-state index contributed by atoms with van der Waals surface area (Å²) in [4.78, 5) is 21.0. The molecule has 9 nitrogen and oxygen atoms in total. The molecule has 3 heterocycles. The smallest absolute Gasteiger partial charge is 0.249 e. The maximum Gasteiger partial charge on any atom is 0.249 e. The molecule has 0 N–H and O–H groups in total. The molecule has 2 aliphatic rings. The van der Waals surface area contributed by atoms with Crippen molar-refractivity contribution in [3.63, 3.8) is 0 Å². The molecule has 1 aromatic heterocycles. The molecule has 0 saturated carbocycles. The zero-order valence-corrected chi connectivity index (χ0v) is 15.5. The molecule has 1 amide bonds. The molecule has 0 unspecified atom stereocenters. The highest BCUT2D eigenvalue weighted by molar-refractivity contribution is 5.78. The Balaban J connectivity index is 1.68. The lowest BCUT2D eigenvalue weighted by Gasteiger charge is -2.39. The highest BCUT2D eigenvalue weighted by atomic mass is 16.6. The van der Waals surface area contributed by atoms with Crippen molar-refractivity contribution < 1.29 is 19.0 Å². The first-order chi connectivity index (χ1) is 13.2. The van der Waals surface area contributed by atoms with Gasteiger partial charge in [-0.05, 0) is 19.2 Å². The Morgan fingerprint density at radius 3 is 2.89 bits per heavy atom. The van der Waals surface area contributed by atoms with E-state index in [9.17, 15) is 4.79 Å². The number of carbonyl (C=O) groups excluding carboxylic acids is 1. The fourth-order valence-electron chi connectivity index (χ4n) is 3.49. The minimum atomic E-state index is -0.206. The van der Waals surface area contributed by atoms with E-state index in [-0.39, 0.29) is 18.6 Å². The highest BCUT2D eigenvalue weighted by Gasteiger charge is 2.33. The highest BCUT2D eigenvalue weighted by Crippen LogP contribution is 2.33. The summed E-state index contributed by atoms with van der Waals surface area (Å²) in [7, 11) is 3.57. The van der Waals surface area contributed by atoms with Crippen LogP contribution in [0.2, 0.25) is 0 Å². The summed E-state index contributed by atoms with van der Waals surface area (Å²) < 4.78 is 18.1. The minimum absolute atomic E-state index is 0.0488. The third-order valence-electron chi connectivity index (χ3n) is 4.81. The number of fused-ring (bicyclic) bond motifs is 1. The number of hydrogen-bond donors (Lipinski definition) is 0. The van der Waals surface area contributed by atoms with Crippen LogP contribution in [0.3, 0.4) is 0 Å². The molecular formula is C18H23N5O4. The summed E-state index contributed by atoms with van der Waals surface area (Å²) in [5.41, 5.74) is 0.819. The molecule has 1 atom stereocenters. The molecule has 0 radical (unpaired) electrons. The van der Waals surface area contributed by atoms with Gasteiger partial charge < -0.3 is 24.0 Å². The van der Waals surface area contributed by atoms with E-state index in [1.807, 2.05) is 30.1 Å². The van der Waals surface area contributed by atoms with E-state index in [1.165, 1.54) is 13.4 Å². The van der Waals surface area contributed by atoms with Crippen molar-refractivity contribution >= 4 is 5.91 Å². The van der Waals surface area contributed by atoms with Crippen molar-refractivity contribution in [1.29, 1.82) is 0 Å². The van der Waals surface area contributed by atoms with Gasteiger partial charge in [-0.25, -0.2) is 9.67 Å². The van der Waals surface area contributed by atoms with E-state index in [1.54, 1.807) is 4.68 Å². The first kappa shape index (κ1) is 17.7. The molecule has 4 rings (SSSR count). The largest absolute Gasteiger partial charge is 0.486 e. The Morgan fingerprint density at radius 2 is 2.07 bits per heavy atom. The van der Waals surface area contributed by atoms with E-state index in [0.29, 0.717) is 37.9 Å². The lowest BCUT2D eigenvalue weighted by molar-refractivity contribution is -0.140. The van der Waals surface area contributed by atoms with Crippen LogP contribution in [0, 0.1) is 0 Å². The van der Waals surface area contributed by atoms with Crippen molar-refractivity contribution in [2.45, 2.75) is 6.04 Å². The lowest BCUT2D eigenvalue weighted by atomic mass is 10.1. The number of rotatable bonds is 4. The third-order valence-corrected chi connectivity index (χ3v) is 4.81. The lowest BCUT2D eigenvalue weighted by Crippen LogP contribution is -2.51. The third kappa shape index (κ3) is 3.47. The second-order valence-electron chi connectivity index (χ2n) is 6.66. The zero-order chi connectivity index (χ0) is 18.8. The van der Waals surface area contributed by atoms with E-state index in [0.717, 1.165) is 18.0 Å². The first-order valence-corrected chi connectivity index (χ1v) is 8.94. The molecule has 1 aromatic carbocycles. The summed E-state index contributed by atoms with van der Waals surface area (Å²) >= 11 is 0. The molecule has 9 heteroatoms. The number of hydrogen-bond acceptors (Lipinski definition) is 7. The van der Waals surface area contributed by atoms with Crippen molar-refractivity contribution in [2.75, 3.05) is 53.6 Å². The zero-order valence-electron chi connectivity index (χ0n) is 15.5. The van der Waals surface area contributed by atoms with Crippen LogP contribution in [0.1, 0.15) is 11.9 Å². The standard InChI is InChI=1S/C18H23N5O4/c1-21-5-6-22(17(24)11-25-2)14(10-21)18-19-12-20-23(18)13-3-4-15-16(9-13)27-8-7-26-15/h3-4,9,12,14H,5-8,10-11H2,1-2H3/t14-/m0/s1. The van der Waals surface area contributed by atoms with Crippen molar-refractivity contribution in [3.8, 4) is 17.2 Å². The Morgan fingerprint density at radius 1 is 1.26 bits per heavy atom. The van der Waals surface area contributed by atoms with E-state index < -0.39 is 0 Å². The van der Waals surface area contributed by atoms with Crippen molar-refractivity contribution in [3.05, 3.63) is 30.4 Å². The average molecular weight is 373 g/mol. The van der Waals surface area contributed by atoms with Crippen molar-refractivity contribution in [1.82, 2.24) is 24.6 Å². The van der Waals surface area contributed by atoms with Gasteiger partial charge in [0.15, 0.2) is 17.3 Å². The van der Waals surface area contributed by atoms with Gasteiger partial charge >= 0.3 is 0 Å². The van der Waals surface area contributed by atoms with Crippen LogP contribution < -0.4 is 9.47 Å². The van der Waals surface area contributed by atoms with Crippen LogP contribution in [0.15, 0.2) is 24.5 Å². The molecule has 1 saturated heterocycles. The van der Waals surface area contributed by atoms with Gasteiger partial charge in [0.1, 0.15) is 32.2 Å². The van der Waals surface area contributed by atoms with Crippen molar-refractivity contribution in [2.24, 2.45) is 0 Å². The normalized spacial score (nSPS) is 19.9. The number of benzene rings is 1. The minimum Gasteiger partial charge on any atom is -0.486 e. The number of nitrogens with zero attached hydrogens (tertiary/aromatic N) is 5. The number of ether oxygens (including phenoxy) is 3. The topological polar surface area (TPSA) is 82.0 Å². The number of carbonyl (C=O) groups is 1. The van der Waals surface area contributed by atoms with E-state index >= 15 is 0 Å². The van der Waals surface area contributed by atoms with Crippen LogP contribution in [-0.4, -0.2) is 84.1 Å². The molecule has 0 bridgehead atoms. The number of aromatic nitrogens is 3. The second-order valence-corrected chi connectivity index (χ2v) is 6.66. The van der Waals surface area contributed by atoms with Crippen LogP contribution in [0.25, 0.3) is 5.69 Å². The van der Waals surface area contributed by atoms with E-state index in [4.69, 9.17) is 14.2 Å². The predicted molar refractivity (Wildman–Crippen MR) is 96.2 cm³/mol. The average Bonchev–Trinajstić information content (AvgIpc) is 3.17. The van der Waals surface area contributed by atoms with Gasteiger partial charge in [0.2, 0.25) is 5.91 Å². The molecule has 0 aliphatic carbocycles. The maximum absolute atomic E-state index is 12.5. The SMILES string of the molecule is COCC(=O)N1CCN(C)C[C@H]1c1ncnn1-c1ccc2c(c1)OCCO2. The fraction of sp³-hybridized carbons (Fsp3) is 0.500. The Bertz CT molecular complexity index is 824. The molecule has 2 aliphatic heterocycles. The number of piperazine rings is 1. The molecule has 1 fully saturated rings. The number of methoxy groups -OCH3 is 1. The number of amides is 1. The second kappa shape index (κ2) is 7.53. The predicted octanol–water partition coefficient (Wildman–Crippen LogP) is 0.500. The summed E-state index contributed by atoms with van der Waals surface area (Å²) in [5, 5.41) is 4.40. The van der Waals surface area contributed by atoms with Gasteiger partial charge in [-0.3, -0.25) is 4.79 Å². The number of likely N-dealkylation sites (N-methyl/N-ethyl adjacent to an activating group) is 1. The monoisotopic (exact) mass is 373 g/mol. The molecule has 2 aromatic rings. The van der Waals surface area contributed by atoms with Gasteiger partial charge in [0.25, 0.3) is 0 Å². The van der Waals surface area contributed by atoms with E-state index in [2.05, 4.69) is 15.0 Å². The Labute approximate surface area is 157 Å². The first-order valence-electron chi connectivity index (χ1n) is 8.94. The maximum atomic E-state index is 12.5. The molecule has 0 spiro atoms. The quantitative estimate of drug-likeness (QED) is 0.772. The van der Waals surface area contributed by atoms with Gasteiger partial charge in [-0.2, -0.15) is 5.10 Å². The van der Waals surface area contributed by atoms with Crippen LogP contribution in [0.4, 0.5) is 0 Å².